The zero-order valence-electron chi connectivity index (χ0n) is 26.4. The van der Waals surface area contributed by atoms with Crippen LogP contribution >= 0.6 is 0 Å². The van der Waals surface area contributed by atoms with Gasteiger partial charge in [-0.2, -0.15) is 0 Å². The van der Waals surface area contributed by atoms with Gasteiger partial charge in [0.2, 0.25) is 5.91 Å². The van der Waals surface area contributed by atoms with Gasteiger partial charge in [0.25, 0.3) is 0 Å². The number of fused-ring (bicyclic) bond motifs is 7. The van der Waals surface area contributed by atoms with Gasteiger partial charge in [-0.05, 0) is 124 Å². The highest BCUT2D eigenvalue weighted by Crippen LogP contribution is 2.75. The second-order valence-electron chi connectivity index (χ2n) is 17.3. The van der Waals surface area contributed by atoms with E-state index in [1.165, 1.54) is 5.57 Å². The van der Waals surface area contributed by atoms with Crippen LogP contribution in [0.2, 0.25) is 0 Å². The number of hydrogen-bond acceptors (Lipinski definition) is 4. The lowest BCUT2D eigenvalue weighted by Crippen LogP contribution is -2.66. The average Bonchev–Trinajstić information content (AvgIpc) is 2.82. The van der Waals surface area contributed by atoms with Crippen LogP contribution in [0.25, 0.3) is 0 Å². The number of aliphatic hydroxyl groups is 1. The van der Waals surface area contributed by atoms with Gasteiger partial charge in [0.1, 0.15) is 0 Å². The molecule has 5 aliphatic rings. The number of allylic oxidation sites excluding steroid dienone is 2. The van der Waals surface area contributed by atoms with Gasteiger partial charge in [0.15, 0.2) is 5.78 Å². The quantitative estimate of drug-likeness (QED) is 0.363. The fraction of sp³-hybridized carbons (Fsp3) is 0.882. The topological polar surface area (TPSA) is 75.6 Å². The summed E-state index contributed by atoms with van der Waals surface area (Å²) in [4.78, 5) is 33.6. The van der Waals surface area contributed by atoms with Gasteiger partial charge in [0.05, 0.1) is 11.7 Å². The maximum Gasteiger partial charge on any atom is 0.249 e. The number of ketones is 1. The zero-order valence-corrected chi connectivity index (χ0v) is 26.4. The molecule has 220 valence electrons. The normalized spacial score (nSPS) is 49.1. The molecule has 1 unspecified atom stereocenters. The zero-order chi connectivity index (χ0) is 29.0. The predicted molar refractivity (Wildman–Crippen MR) is 154 cm³/mol. The Morgan fingerprint density at radius 3 is 2.23 bits per heavy atom. The van der Waals surface area contributed by atoms with Crippen LogP contribution in [0.4, 0.5) is 0 Å². The first kappa shape index (κ1) is 29.3. The van der Waals surface area contributed by atoms with Crippen molar-refractivity contribution in [2.45, 2.75) is 139 Å². The molecule has 5 rings (SSSR count). The molecule has 0 radical (unpaired) electrons. The Morgan fingerprint density at radius 2 is 1.59 bits per heavy atom. The minimum absolute atomic E-state index is 0.0212. The van der Waals surface area contributed by atoms with Crippen molar-refractivity contribution in [3.05, 3.63) is 11.6 Å². The lowest BCUT2D eigenvalue weighted by Gasteiger charge is -2.70. The number of amides is 1. The number of aliphatic hydroxyl groups excluding tert-OH is 1. The second-order valence-corrected chi connectivity index (χ2v) is 17.3. The molecule has 5 nitrogen and oxygen atoms in total. The Kier molecular flexibility index (Phi) is 6.51. The van der Waals surface area contributed by atoms with Crippen LogP contribution in [-0.4, -0.2) is 28.5 Å². The molecule has 5 heteroatoms. The van der Waals surface area contributed by atoms with Crippen LogP contribution in [0.15, 0.2) is 11.6 Å². The van der Waals surface area contributed by atoms with Gasteiger partial charge in [-0.15, -0.1) is 0 Å². The van der Waals surface area contributed by atoms with Crippen molar-refractivity contribution in [3.63, 3.8) is 0 Å². The van der Waals surface area contributed by atoms with Gasteiger partial charge >= 0.3 is 0 Å². The van der Waals surface area contributed by atoms with Gasteiger partial charge in [0, 0.05) is 11.3 Å². The highest BCUT2D eigenvalue weighted by atomic mass is 16.7. The number of hydroxylamine groups is 1. The van der Waals surface area contributed by atoms with Crippen LogP contribution in [0.5, 0.6) is 0 Å². The summed E-state index contributed by atoms with van der Waals surface area (Å²) in [5.74, 6) is 0.808. The van der Waals surface area contributed by atoms with Crippen molar-refractivity contribution in [3.8, 4) is 0 Å². The molecule has 4 fully saturated rings. The third-order valence-electron chi connectivity index (χ3n) is 13.6. The minimum Gasteiger partial charge on any atom is -0.393 e. The molecule has 0 aromatic rings. The Hall–Kier alpha value is -1.20. The van der Waals surface area contributed by atoms with Gasteiger partial charge in [-0.3, -0.25) is 14.4 Å². The first-order chi connectivity index (χ1) is 17.7. The van der Waals surface area contributed by atoms with E-state index in [0.29, 0.717) is 11.7 Å². The maximum atomic E-state index is 14.4. The van der Waals surface area contributed by atoms with Crippen LogP contribution < -0.4 is 5.48 Å². The fourth-order valence-corrected chi connectivity index (χ4v) is 10.7. The standard InChI is InChI=1S/C34H55NO4/c1-28(2,3)39-35-27(38)31(7)16-15-30(6)17-18-33(9)21(22(30)20-31)19-23(36)26-32(8)13-12-25(37)29(4,5)24(32)11-14-34(26,33)10/h19,22,24-26,37H,11-18,20H2,1-10H3,(H,35,38)/t22-,24?,25-,26+,30+,31-,32-,33+,34+/m0/s1. The van der Waals surface area contributed by atoms with Crippen LogP contribution in [0, 0.1) is 50.2 Å². The third-order valence-corrected chi connectivity index (χ3v) is 13.6. The molecule has 0 aromatic heterocycles. The van der Waals surface area contributed by atoms with Crippen molar-refractivity contribution in [1.29, 1.82) is 0 Å². The summed E-state index contributed by atoms with van der Waals surface area (Å²) >= 11 is 0. The van der Waals surface area contributed by atoms with Crippen molar-refractivity contribution in [1.82, 2.24) is 5.48 Å². The molecule has 39 heavy (non-hydrogen) atoms. The molecular formula is C34H55NO4. The highest BCUT2D eigenvalue weighted by molar-refractivity contribution is 5.95. The lowest BCUT2D eigenvalue weighted by atomic mass is 9.33. The van der Waals surface area contributed by atoms with E-state index < -0.39 is 11.0 Å². The number of rotatable bonds is 2. The van der Waals surface area contributed by atoms with E-state index in [1.54, 1.807) is 0 Å². The molecule has 2 N–H and O–H groups in total. The van der Waals surface area contributed by atoms with E-state index in [0.717, 1.165) is 57.8 Å². The van der Waals surface area contributed by atoms with Gasteiger partial charge in [-0.25, -0.2) is 5.48 Å². The summed E-state index contributed by atoms with van der Waals surface area (Å²) in [5.41, 5.74) is 2.77. The Balaban J connectivity index is 1.53. The number of carbonyl (C=O) groups excluding carboxylic acids is 2. The molecule has 5 aliphatic carbocycles. The highest BCUT2D eigenvalue weighted by Gasteiger charge is 2.70. The van der Waals surface area contributed by atoms with E-state index in [1.807, 2.05) is 20.8 Å². The molecule has 4 saturated carbocycles. The molecule has 0 heterocycles. The van der Waals surface area contributed by atoms with Gasteiger partial charge in [-0.1, -0.05) is 54.0 Å². The fourth-order valence-electron chi connectivity index (χ4n) is 10.7. The summed E-state index contributed by atoms with van der Waals surface area (Å²) in [6, 6.07) is 0. The molecule has 9 atom stereocenters. The lowest BCUT2D eigenvalue weighted by molar-refractivity contribution is -0.202. The van der Waals surface area contributed by atoms with E-state index in [2.05, 4.69) is 60.0 Å². The number of hydrogen-bond donors (Lipinski definition) is 2. The van der Waals surface area contributed by atoms with Crippen LogP contribution in [0.3, 0.4) is 0 Å². The van der Waals surface area contributed by atoms with Crippen molar-refractivity contribution in [2.75, 3.05) is 0 Å². The van der Waals surface area contributed by atoms with Crippen molar-refractivity contribution >= 4 is 11.7 Å². The largest absolute Gasteiger partial charge is 0.393 e. The third kappa shape index (κ3) is 4.06. The first-order valence-electron chi connectivity index (χ1n) is 15.7. The summed E-state index contributed by atoms with van der Waals surface area (Å²) < 4.78 is 0. The summed E-state index contributed by atoms with van der Waals surface area (Å²) in [6.45, 7) is 22.0. The predicted octanol–water partition coefficient (Wildman–Crippen LogP) is 7.17. The summed E-state index contributed by atoms with van der Waals surface area (Å²) in [5, 5.41) is 11.0. The molecule has 0 aromatic carbocycles. The average molecular weight is 542 g/mol. The Bertz CT molecular complexity index is 1090. The minimum atomic E-state index is -0.525. The Morgan fingerprint density at radius 1 is 0.949 bits per heavy atom. The molecule has 0 spiro atoms. The summed E-state index contributed by atoms with van der Waals surface area (Å²) in [7, 11) is 0. The molecular weight excluding hydrogens is 486 g/mol. The van der Waals surface area contributed by atoms with Crippen LogP contribution in [0.1, 0.15) is 127 Å². The Labute approximate surface area is 237 Å². The van der Waals surface area contributed by atoms with Crippen molar-refractivity contribution in [2.24, 2.45) is 50.2 Å². The van der Waals surface area contributed by atoms with E-state index >= 15 is 0 Å². The number of carbonyl (C=O) groups is 2. The van der Waals surface area contributed by atoms with Crippen LogP contribution in [-0.2, 0) is 14.4 Å². The van der Waals surface area contributed by atoms with E-state index in [9.17, 15) is 14.7 Å². The smallest absolute Gasteiger partial charge is 0.249 e. The number of nitrogens with one attached hydrogen (secondary N) is 1. The van der Waals surface area contributed by atoms with E-state index in [-0.39, 0.29) is 50.9 Å². The molecule has 0 bridgehead atoms. The second kappa shape index (κ2) is 8.66. The molecule has 0 saturated heterocycles. The molecule has 0 aliphatic heterocycles. The maximum absolute atomic E-state index is 14.4. The SMILES string of the molecule is CC(C)(C)ONC(=O)[C@@]1(C)CC[C@]2(C)CC[C@]3(C)C(=CC(=O)[C@@H]4[C@@]5(C)CC[C@H](O)C(C)(C)C5CC[C@]43C)[C@@H]2C1. The van der Waals surface area contributed by atoms with Gasteiger partial charge < -0.3 is 5.11 Å². The molecule has 1 amide bonds. The first-order valence-corrected chi connectivity index (χ1v) is 15.7. The summed E-state index contributed by atoms with van der Waals surface area (Å²) in [6.07, 6.45) is 10.4. The van der Waals surface area contributed by atoms with Crippen molar-refractivity contribution < 1.29 is 19.5 Å². The van der Waals surface area contributed by atoms with E-state index in [4.69, 9.17) is 4.84 Å². The monoisotopic (exact) mass is 541 g/mol.